The standard InChI is InChI=1S/C44H56BrN3O11/c1-42-16-15-29(50)18-27(42)9-12-30-31-19-35-44(34(52)23-49,43(31,2)20-33(51)39(30)42)59-41(58-35)26-7-3-24(4-8-26)17-25-5-10-28(11-6-25)47-40(57)32(13-14-38(55)56)48-37(54)22-46-36(53)21-45/h3-4,7-8,15-16,18,25,28,30-33,35,39,41,49,51H,5-6,9-14,17,19-23H2,1-2H3,(H,46,53)(H,47,57)(H,48,54)(H,55,56)/t25?,28?,30-,31-,32-,33-,35+,39+,41+,42-,43-,44+/m0/s1. The maximum Gasteiger partial charge on any atom is 0.303 e. The van der Waals surface area contributed by atoms with Crippen LogP contribution in [0.15, 0.2) is 48.1 Å². The zero-order chi connectivity index (χ0) is 42.3. The van der Waals surface area contributed by atoms with Gasteiger partial charge in [0.05, 0.1) is 24.1 Å². The Morgan fingerprint density at radius 3 is 2.42 bits per heavy atom. The molecular weight excluding hydrogens is 826 g/mol. The van der Waals surface area contributed by atoms with Crippen molar-refractivity contribution in [3.8, 4) is 0 Å². The summed E-state index contributed by atoms with van der Waals surface area (Å²) >= 11 is 3.00. The van der Waals surface area contributed by atoms with Gasteiger partial charge in [-0.2, -0.15) is 0 Å². The van der Waals surface area contributed by atoms with Crippen LogP contribution in [0.3, 0.4) is 0 Å². The molecule has 4 saturated carbocycles. The molecule has 59 heavy (non-hydrogen) atoms. The van der Waals surface area contributed by atoms with Crippen molar-refractivity contribution in [2.24, 2.45) is 34.5 Å². The number of carbonyl (C=O) groups excluding carboxylic acids is 5. The van der Waals surface area contributed by atoms with Crippen LogP contribution in [0.2, 0.25) is 0 Å². The number of carbonyl (C=O) groups is 6. The maximum absolute atomic E-state index is 13.9. The van der Waals surface area contributed by atoms with Gasteiger partial charge in [-0.25, -0.2) is 0 Å². The van der Waals surface area contributed by atoms with Crippen LogP contribution in [0.5, 0.6) is 0 Å². The van der Waals surface area contributed by atoms with Gasteiger partial charge in [0, 0.05) is 34.8 Å². The van der Waals surface area contributed by atoms with Gasteiger partial charge in [-0.3, -0.25) is 28.8 Å². The molecule has 6 aliphatic rings. The van der Waals surface area contributed by atoms with Crippen molar-refractivity contribution in [3.05, 3.63) is 59.2 Å². The smallest absolute Gasteiger partial charge is 0.303 e. The summed E-state index contributed by atoms with van der Waals surface area (Å²) in [5.41, 5.74) is 0.291. The highest BCUT2D eigenvalue weighted by atomic mass is 79.9. The molecule has 5 aliphatic carbocycles. The molecule has 6 N–H and O–H groups in total. The van der Waals surface area contributed by atoms with E-state index in [9.17, 15) is 44.1 Å². The first-order valence-corrected chi connectivity index (χ1v) is 22.1. The number of hydrogen-bond acceptors (Lipinski definition) is 10. The average molecular weight is 883 g/mol. The number of aliphatic hydroxyl groups is 2. The molecule has 1 saturated heterocycles. The van der Waals surface area contributed by atoms with Gasteiger partial charge in [-0.05, 0) is 99.7 Å². The molecule has 5 fully saturated rings. The molecule has 10 atom stereocenters. The Morgan fingerprint density at radius 2 is 1.75 bits per heavy atom. The quantitative estimate of drug-likeness (QED) is 0.149. The Morgan fingerprint density at radius 1 is 1.02 bits per heavy atom. The van der Waals surface area contributed by atoms with Gasteiger partial charge < -0.3 is 40.7 Å². The van der Waals surface area contributed by atoms with Crippen molar-refractivity contribution in [1.82, 2.24) is 16.0 Å². The number of fused-ring (bicyclic) bond motifs is 7. The van der Waals surface area contributed by atoms with Crippen LogP contribution in [-0.2, 0) is 44.7 Å². The van der Waals surface area contributed by atoms with Gasteiger partial charge in [-0.1, -0.05) is 65.7 Å². The molecule has 1 aromatic carbocycles. The summed E-state index contributed by atoms with van der Waals surface area (Å²) in [4.78, 5) is 74.4. The molecule has 320 valence electrons. The van der Waals surface area contributed by atoms with E-state index in [0.717, 1.165) is 61.6 Å². The monoisotopic (exact) mass is 881 g/mol. The first kappa shape index (κ1) is 43.3. The number of hydrogen-bond donors (Lipinski definition) is 6. The molecule has 0 bridgehead atoms. The fourth-order valence-corrected chi connectivity index (χ4v) is 12.0. The molecular formula is C44H56BrN3O11. The molecule has 0 aromatic heterocycles. The third-order valence-corrected chi connectivity index (χ3v) is 15.1. The highest BCUT2D eigenvalue weighted by Gasteiger charge is 2.75. The zero-order valence-electron chi connectivity index (χ0n) is 33.6. The van der Waals surface area contributed by atoms with Crippen LogP contribution in [0.4, 0.5) is 0 Å². The fraction of sp³-hybridized carbons (Fsp3) is 0.636. The van der Waals surface area contributed by atoms with Crippen LogP contribution in [0.1, 0.15) is 95.5 Å². The first-order valence-electron chi connectivity index (χ1n) is 20.9. The molecule has 14 nitrogen and oxygen atoms in total. The highest BCUT2D eigenvalue weighted by molar-refractivity contribution is 9.09. The van der Waals surface area contributed by atoms with E-state index in [4.69, 9.17) is 9.47 Å². The minimum atomic E-state index is -1.42. The summed E-state index contributed by atoms with van der Waals surface area (Å²) in [5, 5.41) is 39.4. The fourth-order valence-electron chi connectivity index (χ4n) is 11.8. The minimum Gasteiger partial charge on any atom is -0.481 e. The maximum atomic E-state index is 13.9. The van der Waals surface area contributed by atoms with E-state index in [0.29, 0.717) is 18.8 Å². The molecule has 0 radical (unpaired) electrons. The van der Waals surface area contributed by atoms with Gasteiger partial charge in [0.2, 0.25) is 17.7 Å². The van der Waals surface area contributed by atoms with Gasteiger partial charge in [0.15, 0.2) is 23.5 Å². The summed E-state index contributed by atoms with van der Waals surface area (Å²) in [6, 6.07) is 6.83. The summed E-state index contributed by atoms with van der Waals surface area (Å²) in [7, 11) is 0. The minimum absolute atomic E-state index is 0.0105. The summed E-state index contributed by atoms with van der Waals surface area (Å²) in [5.74, 6) is -2.61. The number of halogens is 1. The molecule has 3 amide bonds. The number of ether oxygens (including phenoxy) is 2. The molecule has 1 aliphatic heterocycles. The second-order valence-corrected chi connectivity index (χ2v) is 18.5. The number of ketones is 2. The highest BCUT2D eigenvalue weighted by Crippen LogP contribution is 2.70. The Labute approximate surface area is 352 Å². The number of carboxylic acids is 1. The number of carboxylic acid groups (broad SMARTS) is 1. The van der Waals surface area contributed by atoms with E-state index in [1.807, 2.05) is 37.3 Å². The number of rotatable bonds is 14. The molecule has 15 heteroatoms. The number of aliphatic carboxylic acids is 1. The second kappa shape index (κ2) is 17.3. The SMILES string of the molecule is C[C@]12C=CC(=O)C=C1CC[C@@H]1[C@@H]2[C@@H](O)C[C@@]2(C)[C@H]1C[C@H]1O[C@@H](c3ccc(CC4CCC(NC(=O)[C@H](CCC(=O)O)NC(=O)CNC(=O)CBr)CC4)cc3)O[C@]12C(=O)CO. The van der Waals surface area contributed by atoms with Gasteiger partial charge >= 0.3 is 5.97 Å². The molecule has 7 rings (SSSR count). The number of Topliss-reactive ketones (excluding diaryl/α,β-unsaturated/α-hetero) is 1. The summed E-state index contributed by atoms with van der Waals surface area (Å²) in [6.45, 7) is 3.12. The van der Waals surface area contributed by atoms with Crippen molar-refractivity contribution in [1.29, 1.82) is 0 Å². The second-order valence-electron chi connectivity index (χ2n) is 18.0. The van der Waals surface area contributed by atoms with Crippen LogP contribution in [-0.4, -0.2) is 99.0 Å². The van der Waals surface area contributed by atoms with E-state index in [-0.39, 0.29) is 60.2 Å². The molecule has 1 heterocycles. The lowest BCUT2D eigenvalue weighted by molar-refractivity contribution is -0.201. The van der Waals surface area contributed by atoms with Crippen LogP contribution < -0.4 is 16.0 Å². The van der Waals surface area contributed by atoms with Gasteiger partial charge in [-0.15, -0.1) is 0 Å². The Hall–Kier alpha value is -3.76. The van der Waals surface area contributed by atoms with Crippen molar-refractivity contribution < 1.29 is 53.6 Å². The van der Waals surface area contributed by atoms with Crippen molar-refractivity contribution in [2.75, 3.05) is 18.5 Å². The van der Waals surface area contributed by atoms with Gasteiger partial charge in [0.1, 0.15) is 12.6 Å². The lowest BCUT2D eigenvalue weighted by atomic mass is 9.46. The van der Waals surface area contributed by atoms with E-state index in [1.165, 1.54) is 0 Å². The van der Waals surface area contributed by atoms with Crippen molar-refractivity contribution in [3.63, 3.8) is 0 Å². The van der Waals surface area contributed by atoms with Crippen LogP contribution >= 0.6 is 15.9 Å². The van der Waals surface area contributed by atoms with Crippen LogP contribution in [0.25, 0.3) is 0 Å². The first-order chi connectivity index (χ1) is 28.1. The van der Waals surface area contributed by atoms with E-state index in [2.05, 4.69) is 38.8 Å². The lowest BCUT2D eigenvalue weighted by Crippen LogP contribution is -2.63. The van der Waals surface area contributed by atoms with Gasteiger partial charge in [0.25, 0.3) is 0 Å². The van der Waals surface area contributed by atoms with Crippen LogP contribution in [0, 0.1) is 34.5 Å². The number of alkyl halides is 1. The molecule has 0 unspecified atom stereocenters. The Balaban J connectivity index is 0.953. The Kier molecular flexibility index (Phi) is 12.7. The summed E-state index contributed by atoms with van der Waals surface area (Å²) in [6.07, 6.45) is 9.16. The normalized spacial score (nSPS) is 36.2. The number of amides is 3. The summed E-state index contributed by atoms with van der Waals surface area (Å²) < 4.78 is 13.4. The molecule has 0 spiro atoms. The number of nitrogens with one attached hydrogen (secondary N) is 3. The third kappa shape index (κ3) is 8.21. The lowest BCUT2D eigenvalue weighted by Gasteiger charge is -2.59. The van der Waals surface area contributed by atoms with Crippen molar-refractivity contribution >= 4 is 51.2 Å². The number of allylic oxidation sites excluding steroid dienone is 4. The average Bonchev–Trinajstić information content (AvgIpc) is 3.72. The predicted octanol–water partition coefficient (Wildman–Crippen LogP) is 3.37. The van der Waals surface area contributed by atoms with E-state index >= 15 is 0 Å². The predicted molar refractivity (Wildman–Crippen MR) is 217 cm³/mol. The number of benzene rings is 1. The zero-order valence-corrected chi connectivity index (χ0v) is 35.2. The Bertz CT molecular complexity index is 1900. The third-order valence-electron chi connectivity index (χ3n) is 14.6. The van der Waals surface area contributed by atoms with Crippen molar-refractivity contribution in [2.45, 2.75) is 121 Å². The largest absolute Gasteiger partial charge is 0.481 e. The van der Waals surface area contributed by atoms with E-state index in [1.54, 1.807) is 12.2 Å². The molecule has 1 aromatic rings. The topological polar surface area (TPSA) is 218 Å². The van der Waals surface area contributed by atoms with E-state index < -0.39 is 71.1 Å². The number of aliphatic hydroxyl groups excluding tert-OH is 2.